The van der Waals surface area contributed by atoms with Gasteiger partial charge >= 0.3 is 89.1 Å². The Kier molecular flexibility index (Phi) is 33.6. The molecule has 2 saturated carbocycles. The van der Waals surface area contributed by atoms with Crippen molar-refractivity contribution in [3.05, 3.63) is 59.7 Å². The van der Waals surface area contributed by atoms with Crippen molar-refractivity contribution in [3.63, 3.8) is 0 Å². The van der Waals surface area contributed by atoms with Crippen LogP contribution in [0, 0.1) is 11.8 Å². The normalized spacial score (nSPS) is 13.8. The molecule has 0 amide bonds. The number of halogens is 10. The molecule has 21 heteroatoms. The first-order chi connectivity index (χ1) is 24.8. The van der Waals surface area contributed by atoms with Gasteiger partial charge in [-0.15, -0.1) is 11.8 Å². The van der Waals surface area contributed by atoms with Crippen LogP contribution in [0.15, 0.2) is 58.3 Å². The number of rotatable bonds is 12. The van der Waals surface area contributed by atoms with Crippen LogP contribution in [-0.2, 0) is 47.6 Å². The maximum absolute atomic E-state index is 12.0. The summed E-state index contributed by atoms with van der Waals surface area (Å²) in [6, 6.07) is 15.7. The van der Waals surface area contributed by atoms with Crippen LogP contribution in [0.3, 0.4) is 0 Å². The van der Waals surface area contributed by atoms with E-state index in [1.807, 2.05) is 60.0 Å². The summed E-state index contributed by atoms with van der Waals surface area (Å²) in [5.74, 6) is 3.24. The third-order valence-electron chi connectivity index (χ3n) is 6.30. The molecule has 0 heterocycles. The minimum absolute atomic E-state index is 0.147. The van der Waals surface area contributed by atoms with Gasteiger partial charge in [-0.25, -0.2) is 0 Å². The van der Waals surface area contributed by atoms with E-state index in [9.17, 15) is 40.1 Å². The molecule has 3 N–H and O–H groups in total. The van der Waals surface area contributed by atoms with Crippen molar-refractivity contribution < 1.29 is 70.2 Å². The van der Waals surface area contributed by atoms with E-state index < -0.39 is 29.3 Å². The summed E-state index contributed by atoms with van der Waals surface area (Å²) < 4.78 is 87.6. The number of hydrogen-bond donors (Lipinski definition) is 3. The zero-order chi connectivity index (χ0) is 41.2. The summed E-state index contributed by atoms with van der Waals surface area (Å²) in [4.78, 5) is 26.4. The number of carbonyl (C=O) groups excluding carboxylic acids is 2. The Labute approximate surface area is 364 Å². The molecule has 0 aromatic heterocycles. The Morgan fingerprint density at radius 2 is 1.15 bits per heavy atom. The van der Waals surface area contributed by atoms with Crippen molar-refractivity contribution in [2.45, 2.75) is 80.6 Å². The average molecular weight is 1290 g/mol. The summed E-state index contributed by atoms with van der Waals surface area (Å²) in [6.07, 6.45) is -9.61. The first kappa shape index (κ1) is 55.9. The molecule has 2 aromatic rings. The van der Waals surface area contributed by atoms with Gasteiger partial charge in [-0.1, -0.05) is 46.9 Å². The number of alkyl halides is 7. The number of aliphatic hydroxyl groups is 1. The summed E-state index contributed by atoms with van der Waals surface area (Å²) in [6.45, 7) is 4.48. The van der Waals surface area contributed by atoms with Crippen molar-refractivity contribution in [1.82, 2.24) is 0 Å². The Morgan fingerprint density at radius 3 is 1.45 bits per heavy atom. The fraction of sp³-hybridized carbons (Fsp3) is 0.562. The van der Waals surface area contributed by atoms with E-state index in [2.05, 4.69) is 94.7 Å². The fourth-order valence-electron chi connectivity index (χ4n) is 3.50. The van der Waals surface area contributed by atoms with Gasteiger partial charge < -0.3 is 14.6 Å². The zero-order valence-electron chi connectivity index (χ0n) is 28.8. The van der Waals surface area contributed by atoms with E-state index in [0.717, 1.165) is 27.7 Å². The first-order valence-electron chi connectivity index (χ1n) is 15.5. The second kappa shape index (κ2) is 31.8. The molecule has 53 heavy (non-hydrogen) atoms. The van der Waals surface area contributed by atoms with Crippen molar-refractivity contribution in [3.8, 4) is 0 Å². The van der Waals surface area contributed by atoms with Crippen LogP contribution < -0.4 is 0 Å². The quantitative estimate of drug-likeness (QED) is 0.0362. The summed E-state index contributed by atoms with van der Waals surface area (Å²) in [7, 11) is -0.892. The molecule has 0 saturated heterocycles. The second-order valence-electron chi connectivity index (χ2n) is 10.6. The standard InChI is InChI=1S/C14H18O3S.C14H18O2S.C3H2F6O.CH3I.3HI.H2O2.V/c1-2-17-14(15)9-11-5-7-13(8-6-11)18(16)10-12-3-4-12;1-2-16-14(15)9-11-5-7-13(8-6-11)17-10-12-3-4-12;4-2(5,6)1(10)3(7,8)9;1-2;;;;1-2;/h5-8,12H,2-4,9-10H2,1H3;5-8,12H,2-4,9-10H2,1H3;1,10H;1H3;3*1H;1-2H;/q;;;;;;;;+3/p-3. The molecule has 306 valence electrons. The molecule has 8 nitrogen and oxygen atoms in total. The minimum atomic E-state index is -5.63. The average Bonchev–Trinajstić information content (AvgIpc) is 4.03. The molecule has 0 radical (unpaired) electrons. The number of esters is 2. The van der Waals surface area contributed by atoms with Crippen LogP contribution in [-0.4, -0.2) is 79.9 Å². The monoisotopic (exact) mass is 1290 g/mol. The Hall–Kier alpha value is 0.844. The predicted octanol–water partition coefficient (Wildman–Crippen LogP) is 10.8. The van der Waals surface area contributed by atoms with Crippen LogP contribution in [0.5, 0.6) is 0 Å². The van der Waals surface area contributed by atoms with Crippen LogP contribution in [0.25, 0.3) is 0 Å². The van der Waals surface area contributed by atoms with Gasteiger partial charge in [0, 0.05) is 21.3 Å². The Balaban J connectivity index is 0. The second-order valence-corrected chi connectivity index (χ2v) is 48.6. The van der Waals surface area contributed by atoms with Crippen molar-refractivity contribution in [1.29, 1.82) is 0 Å². The predicted molar refractivity (Wildman–Crippen MR) is 226 cm³/mol. The molecular formula is C32H43F6I4O8S2V. The number of ether oxygens (including phenoxy) is 2. The van der Waals surface area contributed by atoms with Gasteiger partial charge in [0.15, 0.2) is 0 Å². The van der Waals surface area contributed by atoms with E-state index in [1.54, 1.807) is 6.92 Å². The van der Waals surface area contributed by atoms with Crippen LogP contribution in [0.2, 0.25) is 0 Å². The van der Waals surface area contributed by atoms with Gasteiger partial charge in [0.2, 0.25) is 6.10 Å². The molecular weight excluding hydrogens is 1250 g/mol. The number of hydrogen-bond acceptors (Lipinski definition) is 9. The van der Waals surface area contributed by atoms with E-state index in [-0.39, 0.29) is 23.3 Å². The zero-order valence-corrected chi connectivity index (χ0v) is 40.5. The third-order valence-corrected chi connectivity index (χ3v) is 9.12. The van der Waals surface area contributed by atoms with Crippen molar-refractivity contribution >= 4 is 117 Å². The molecule has 2 aliphatic rings. The Bertz CT molecular complexity index is 1270. The van der Waals surface area contributed by atoms with Gasteiger partial charge in [0.05, 0.1) is 36.9 Å². The first-order valence-corrected chi connectivity index (χ1v) is 33.5. The Morgan fingerprint density at radius 1 is 0.792 bits per heavy atom. The number of aliphatic hydroxyl groups excluding tert-OH is 1. The molecule has 0 aliphatic heterocycles. The number of carbonyl (C=O) groups is 2. The van der Waals surface area contributed by atoms with Crippen LogP contribution >= 0.6 is 94.3 Å². The molecule has 0 bridgehead atoms. The van der Waals surface area contributed by atoms with Crippen LogP contribution in [0.4, 0.5) is 26.3 Å². The van der Waals surface area contributed by atoms with Gasteiger partial charge in [-0.05, 0) is 91.7 Å². The maximum atomic E-state index is 12.0. The van der Waals surface area contributed by atoms with Gasteiger partial charge in [0.1, 0.15) is 0 Å². The molecule has 2 fully saturated rings. The van der Waals surface area contributed by atoms with E-state index in [4.69, 9.17) is 25.1 Å². The van der Waals surface area contributed by atoms with Gasteiger partial charge in [0.25, 0.3) is 0 Å². The molecule has 2 aliphatic carbocycles. The van der Waals surface area contributed by atoms with Crippen molar-refractivity contribution in [2.24, 2.45) is 11.8 Å². The fourth-order valence-corrected chi connectivity index (χ4v) is 5.98. The summed E-state index contributed by atoms with van der Waals surface area (Å²) >= 11 is 11.5. The van der Waals surface area contributed by atoms with Gasteiger partial charge in [-0.2, -0.15) is 26.3 Å². The number of benzene rings is 2. The van der Waals surface area contributed by atoms with E-state index in [1.165, 1.54) is 36.3 Å². The SMILES string of the molecule is CCOC(=O)Cc1ccc(S(=O)CC2CC2)cc1.CCOC(=O)Cc1ccc(SCC2CC2)cc1.CI.OC(C(F)(F)F)C(F)(F)F.OO.[I][V]([I])[I]. The molecule has 0 spiro atoms. The topological polar surface area (TPSA) is 130 Å². The number of thioether (sulfide) groups is 1. The van der Waals surface area contributed by atoms with Gasteiger partial charge in [-0.3, -0.25) is 24.3 Å². The summed E-state index contributed by atoms with van der Waals surface area (Å²) in [5, 5.41) is 19.5. The molecule has 4 rings (SSSR count). The van der Waals surface area contributed by atoms with Crippen molar-refractivity contribution in [2.75, 3.05) is 29.6 Å². The summed E-state index contributed by atoms with van der Waals surface area (Å²) in [5.41, 5.74) is 1.93. The third kappa shape index (κ3) is 31.5. The molecule has 1 unspecified atom stereocenters. The molecule has 1 atom stereocenters. The molecule has 2 aromatic carbocycles. The van der Waals surface area contributed by atoms with E-state index >= 15 is 0 Å². The van der Waals surface area contributed by atoms with Crippen LogP contribution in [0.1, 0.15) is 50.7 Å². The van der Waals surface area contributed by atoms with E-state index in [0.29, 0.717) is 25.6 Å².